The molecule has 1 aliphatic carbocycles. The van der Waals surface area contributed by atoms with E-state index in [4.69, 9.17) is 11.6 Å². The van der Waals surface area contributed by atoms with Crippen molar-refractivity contribution in [1.82, 2.24) is 10.3 Å². The molecule has 26 heavy (non-hydrogen) atoms. The van der Waals surface area contributed by atoms with Gasteiger partial charge in [-0.1, -0.05) is 29.8 Å². The van der Waals surface area contributed by atoms with Crippen molar-refractivity contribution in [3.05, 3.63) is 52.8 Å². The third-order valence-corrected chi connectivity index (χ3v) is 6.33. The van der Waals surface area contributed by atoms with Crippen LogP contribution in [0.5, 0.6) is 0 Å². The lowest BCUT2D eigenvalue weighted by atomic mass is 9.66. The molecule has 2 aliphatic heterocycles. The van der Waals surface area contributed by atoms with Gasteiger partial charge >= 0.3 is 0 Å². The highest BCUT2D eigenvalue weighted by molar-refractivity contribution is 6.31. The summed E-state index contributed by atoms with van der Waals surface area (Å²) >= 11 is 6.37. The zero-order valence-corrected chi connectivity index (χ0v) is 15.2. The number of carbonyl (C=O) groups is 1. The molecular formula is C20H21ClN4O. The van der Waals surface area contributed by atoms with E-state index in [1.807, 2.05) is 24.5 Å². The number of aromatic nitrogens is 1. The summed E-state index contributed by atoms with van der Waals surface area (Å²) in [5.41, 5.74) is 4.49. The van der Waals surface area contributed by atoms with Crippen LogP contribution in [0.2, 0.25) is 5.02 Å². The molecule has 0 bridgehead atoms. The van der Waals surface area contributed by atoms with Crippen LogP contribution in [-0.4, -0.2) is 29.6 Å². The van der Waals surface area contributed by atoms with Gasteiger partial charge in [-0.05, 0) is 42.4 Å². The van der Waals surface area contributed by atoms with Crippen molar-refractivity contribution in [2.45, 2.75) is 37.1 Å². The minimum absolute atomic E-state index is 0.0919. The van der Waals surface area contributed by atoms with Crippen LogP contribution >= 0.6 is 11.6 Å². The van der Waals surface area contributed by atoms with Gasteiger partial charge in [-0.25, -0.2) is 0 Å². The Morgan fingerprint density at radius 2 is 2.04 bits per heavy atom. The van der Waals surface area contributed by atoms with E-state index in [0.717, 1.165) is 54.4 Å². The molecule has 0 radical (unpaired) electrons. The summed E-state index contributed by atoms with van der Waals surface area (Å²) in [6.07, 6.45) is 7.22. The number of rotatable bonds is 2. The first-order valence-corrected chi connectivity index (χ1v) is 9.52. The van der Waals surface area contributed by atoms with Gasteiger partial charge in [-0.3, -0.25) is 15.1 Å². The largest absolute Gasteiger partial charge is 0.354 e. The number of amides is 1. The lowest BCUT2D eigenvalue weighted by Gasteiger charge is -2.45. The maximum absolute atomic E-state index is 11.8. The maximum Gasteiger partial charge on any atom is 0.224 e. The lowest BCUT2D eigenvalue weighted by molar-refractivity contribution is -0.116. The number of carbonyl (C=O) groups excluding carboxylic acids is 1. The fourth-order valence-electron chi connectivity index (χ4n) is 4.61. The van der Waals surface area contributed by atoms with Crippen LogP contribution in [0.25, 0.3) is 0 Å². The zero-order chi connectivity index (χ0) is 17.7. The van der Waals surface area contributed by atoms with Gasteiger partial charge in [-0.2, -0.15) is 0 Å². The third-order valence-electron chi connectivity index (χ3n) is 5.99. The first-order chi connectivity index (χ1) is 12.6. The van der Waals surface area contributed by atoms with Crippen LogP contribution in [0.1, 0.15) is 36.3 Å². The number of pyridine rings is 1. The number of anilines is 2. The van der Waals surface area contributed by atoms with Gasteiger partial charge < -0.3 is 10.2 Å². The molecule has 1 spiro atoms. The Kier molecular flexibility index (Phi) is 3.69. The van der Waals surface area contributed by atoms with Gasteiger partial charge in [0.1, 0.15) is 0 Å². The number of aryl methyl sites for hydroxylation is 1. The summed E-state index contributed by atoms with van der Waals surface area (Å²) < 4.78 is 0. The van der Waals surface area contributed by atoms with Crippen molar-refractivity contribution in [3.63, 3.8) is 0 Å². The van der Waals surface area contributed by atoms with Crippen LogP contribution in [0, 0.1) is 0 Å². The third kappa shape index (κ3) is 2.58. The van der Waals surface area contributed by atoms with E-state index < -0.39 is 0 Å². The van der Waals surface area contributed by atoms with E-state index in [1.54, 1.807) is 0 Å². The van der Waals surface area contributed by atoms with E-state index in [1.165, 1.54) is 5.56 Å². The van der Waals surface area contributed by atoms with E-state index in [0.29, 0.717) is 12.3 Å². The Bertz CT molecular complexity index is 878. The van der Waals surface area contributed by atoms with E-state index >= 15 is 0 Å². The second-order valence-corrected chi connectivity index (χ2v) is 8.09. The van der Waals surface area contributed by atoms with E-state index in [2.05, 4.69) is 32.7 Å². The predicted molar refractivity (Wildman–Crippen MR) is 103 cm³/mol. The van der Waals surface area contributed by atoms with Gasteiger partial charge in [0.2, 0.25) is 5.91 Å². The Hall–Kier alpha value is -2.11. The van der Waals surface area contributed by atoms with Crippen molar-refractivity contribution in [3.8, 4) is 0 Å². The Balaban J connectivity index is 1.34. The monoisotopic (exact) mass is 368 g/mol. The average molecular weight is 369 g/mol. The zero-order valence-electron chi connectivity index (χ0n) is 14.5. The highest BCUT2D eigenvalue weighted by Crippen LogP contribution is 2.49. The highest BCUT2D eigenvalue weighted by atomic mass is 35.5. The number of nitrogens with zero attached hydrogens (tertiary/aromatic N) is 2. The Labute approximate surface area is 157 Å². The molecule has 1 aromatic heterocycles. The molecule has 1 saturated carbocycles. The normalized spacial score (nSPS) is 27.2. The van der Waals surface area contributed by atoms with Crippen molar-refractivity contribution < 1.29 is 4.79 Å². The van der Waals surface area contributed by atoms with Crippen molar-refractivity contribution in [1.29, 1.82) is 0 Å². The Morgan fingerprint density at radius 1 is 1.19 bits per heavy atom. The Morgan fingerprint density at radius 3 is 2.88 bits per heavy atom. The van der Waals surface area contributed by atoms with Gasteiger partial charge in [0.15, 0.2) is 0 Å². The minimum Gasteiger partial charge on any atom is -0.354 e. The number of halogens is 1. The maximum atomic E-state index is 11.8. The molecule has 2 N–H and O–H groups in total. The number of benzene rings is 1. The van der Waals surface area contributed by atoms with Crippen LogP contribution in [-0.2, 0) is 11.2 Å². The number of hydrogen-bond acceptors (Lipinski definition) is 4. The quantitative estimate of drug-likeness (QED) is 0.854. The summed E-state index contributed by atoms with van der Waals surface area (Å²) in [6.45, 7) is 1.71. The summed E-state index contributed by atoms with van der Waals surface area (Å²) in [4.78, 5) is 18.5. The molecule has 1 aromatic carbocycles. The molecule has 5 nitrogen and oxygen atoms in total. The molecule has 3 heterocycles. The molecule has 2 fully saturated rings. The molecule has 5 rings (SSSR count). The van der Waals surface area contributed by atoms with Crippen LogP contribution in [0.15, 0.2) is 36.7 Å². The topological polar surface area (TPSA) is 57.3 Å². The minimum atomic E-state index is 0.0919. The van der Waals surface area contributed by atoms with Crippen molar-refractivity contribution in [2.24, 2.45) is 0 Å². The van der Waals surface area contributed by atoms with Crippen LogP contribution in [0.4, 0.5) is 11.4 Å². The number of fused-ring (bicyclic) bond motifs is 1. The second kappa shape index (κ2) is 5.96. The fraction of sp³-hybridized carbons (Fsp3) is 0.400. The second-order valence-electron chi connectivity index (χ2n) is 7.68. The standard InChI is InChI=1S/C20H21ClN4O/c21-16-4-2-1-3-15(16)14-7-20(8-14)11-25(12-23-20)17-10-22-9-13-5-6-18(26)24-19(13)17/h1-4,9-10,14,23H,5-8,11-12H2,(H,24,26). The van der Waals surface area contributed by atoms with E-state index in [9.17, 15) is 4.79 Å². The SMILES string of the molecule is O=C1CCc2cncc(N3CNC4(CC(c5ccccc5Cl)C4)C3)c2N1. The van der Waals surface area contributed by atoms with Crippen LogP contribution < -0.4 is 15.5 Å². The molecule has 2 aromatic rings. The van der Waals surface area contributed by atoms with Gasteiger partial charge in [0.25, 0.3) is 0 Å². The highest BCUT2D eigenvalue weighted by Gasteiger charge is 2.49. The fourth-order valence-corrected chi connectivity index (χ4v) is 4.90. The van der Waals surface area contributed by atoms with Crippen molar-refractivity contribution in [2.75, 3.05) is 23.4 Å². The molecular weight excluding hydrogens is 348 g/mol. The molecule has 0 atom stereocenters. The number of nitrogens with one attached hydrogen (secondary N) is 2. The summed E-state index contributed by atoms with van der Waals surface area (Å²) in [7, 11) is 0. The molecule has 134 valence electrons. The molecule has 0 unspecified atom stereocenters. The van der Waals surface area contributed by atoms with Crippen LogP contribution in [0.3, 0.4) is 0 Å². The van der Waals surface area contributed by atoms with E-state index in [-0.39, 0.29) is 11.4 Å². The molecule has 6 heteroatoms. The molecule has 3 aliphatic rings. The summed E-state index contributed by atoms with van der Waals surface area (Å²) in [5, 5.41) is 7.61. The first-order valence-electron chi connectivity index (χ1n) is 9.15. The van der Waals surface area contributed by atoms with Gasteiger partial charge in [0, 0.05) is 29.7 Å². The number of hydrogen-bond donors (Lipinski definition) is 2. The van der Waals surface area contributed by atoms with Gasteiger partial charge in [0.05, 0.1) is 24.2 Å². The van der Waals surface area contributed by atoms with Gasteiger partial charge in [-0.15, -0.1) is 0 Å². The smallest absolute Gasteiger partial charge is 0.224 e. The molecule has 1 amide bonds. The lowest BCUT2D eigenvalue weighted by Crippen LogP contribution is -2.52. The molecule has 1 saturated heterocycles. The summed E-state index contributed by atoms with van der Waals surface area (Å²) in [5.74, 6) is 0.605. The predicted octanol–water partition coefficient (Wildman–Crippen LogP) is 3.30. The first kappa shape index (κ1) is 16.1. The average Bonchev–Trinajstić information content (AvgIpc) is 3.06. The summed E-state index contributed by atoms with van der Waals surface area (Å²) in [6, 6.07) is 8.15. The van der Waals surface area contributed by atoms with Crippen molar-refractivity contribution >= 4 is 28.9 Å².